The molecular formula is C10H19Na. The Hall–Kier alpha value is 1.00. The fourth-order valence-corrected chi connectivity index (χ4v) is 1.79. The second kappa shape index (κ2) is 4.89. The SMILES string of the molecule is CC(C)(C)C1CC[CH-]CC1.[Na+]. The molecule has 0 unspecified atom stereocenters. The van der Waals surface area contributed by atoms with E-state index < -0.39 is 0 Å². The van der Waals surface area contributed by atoms with Gasteiger partial charge in [-0.15, -0.1) is 0 Å². The van der Waals surface area contributed by atoms with Gasteiger partial charge < -0.3 is 6.42 Å². The van der Waals surface area contributed by atoms with E-state index >= 15 is 0 Å². The van der Waals surface area contributed by atoms with Crippen molar-refractivity contribution in [3.05, 3.63) is 6.42 Å². The first kappa shape index (κ1) is 12.0. The molecule has 0 heterocycles. The van der Waals surface area contributed by atoms with E-state index in [1.807, 2.05) is 0 Å². The van der Waals surface area contributed by atoms with Gasteiger partial charge in [0.05, 0.1) is 0 Å². The van der Waals surface area contributed by atoms with Crippen molar-refractivity contribution in [1.82, 2.24) is 0 Å². The van der Waals surface area contributed by atoms with Crippen LogP contribution in [0.4, 0.5) is 0 Å². The molecule has 0 radical (unpaired) electrons. The summed E-state index contributed by atoms with van der Waals surface area (Å²) in [7, 11) is 0. The Kier molecular flexibility index (Phi) is 5.33. The fourth-order valence-electron chi connectivity index (χ4n) is 1.79. The molecule has 0 N–H and O–H groups in total. The third-order valence-corrected chi connectivity index (χ3v) is 2.66. The molecule has 0 atom stereocenters. The summed E-state index contributed by atoms with van der Waals surface area (Å²) in [4.78, 5) is 0. The zero-order valence-corrected chi connectivity index (χ0v) is 10.5. The van der Waals surface area contributed by atoms with E-state index in [4.69, 9.17) is 0 Å². The van der Waals surface area contributed by atoms with Crippen LogP contribution >= 0.6 is 0 Å². The molecule has 0 bridgehead atoms. The zero-order valence-electron chi connectivity index (χ0n) is 8.48. The van der Waals surface area contributed by atoms with Crippen LogP contribution in [0.5, 0.6) is 0 Å². The maximum Gasteiger partial charge on any atom is 1.00 e. The van der Waals surface area contributed by atoms with Crippen molar-refractivity contribution < 1.29 is 29.6 Å². The first-order valence-corrected chi connectivity index (χ1v) is 4.42. The molecule has 1 heteroatoms. The van der Waals surface area contributed by atoms with Crippen molar-refractivity contribution in [2.45, 2.75) is 46.5 Å². The summed E-state index contributed by atoms with van der Waals surface area (Å²) in [6.07, 6.45) is 7.97. The van der Waals surface area contributed by atoms with Gasteiger partial charge in [-0.3, -0.25) is 0 Å². The molecule has 0 aromatic carbocycles. The Bertz CT molecular complexity index is 95.9. The van der Waals surface area contributed by atoms with Gasteiger partial charge in [0.1, 0.15) is 0 Å². The van der Waals surface area contributed by atoms with Crippen LogP contribution in [-0.2, 0) is 0 Å². The van der Waals surface area contributed by atoms with Crippen LogP contribution in [0.2, 0.25) is 0 Å². The van der Waals surface area contributed by atoms with Gasteiger partial charge >= 0.3 is 29.6 Å². The van der Waals surface area contributed by atoms with Gasteiger partial charge in [-0.2, -0.15) is 12.8 Å². The normalized spacial score (nSPS) is 21.0. The quantitative estimate of drug-likeness (QED) is 0.358. The van der Waals surface area contributed by atoms with Crippen LogP contribution in [-0.4, -0.2) is 0 Å². The summed E-state index contributed by atoms with van der Waals surface area (Å²) in [6.45, 7) is 7.09. The molecule has 60 valence electrons. The monoisotopic (exact) mass is 162 g/mol. The maximum absolute atomic E-state index is 2.43. The van der Waals surface area contributed by atoms with Crippen molar-refractivity contribution in [3.63, 3.8) is 0 Å². The minimum absolute atomic E-state index is 0. The molecule has 0 amide bonds. The zero-order chi connectivity index (χ0) is 7.61. The average Bonchev–Trinajstić information content (AvgIpc) is 1.88. The van der Waals surface area contributed by atoms with Crippen molar-refractivity contribution in [1.29, 1.82) is 0 Å². The van der Waals surface area contributed by atoms with E-state index in [-0.39, 0.29) is 29.6 Å². The van der Waals surface area contributed by atoms with Crippen molar-refractivity contribution >= 4 is 0 Å². The molecule has 1 fully saturated rings. The number of hydrogen-bond acceptors (Lipinski definition) is 0. The van der Waals surface area contributed by atoms with Crippen molar-refractivity contribution in [2.75, 3.05) is 0 Å². The third-order valence-electron chi connectivity index (χ3n) is 2.66. The Labute approximate surface area is 93.4 Å². The first-order valence-electron chi connectivity index (χ1n) is 4.42. The summed E-state index contributed by atoms with van der Waals surface area (Å²) in [5.41, 5.74) is 0.550. The fraction of sp³-hybridized carbons (Fsp3) is 0.900. The van der Waals surface area contributed by atoms with Gasteiger partial charge in [-0.05, 0) is 11.3 Å². The summed E-state index contributed by atoms with van der Waals surface area (Å²) in [5.74, 6) is 0.970. The van der Waals surface area contributed by atoms with Gasteiger partial charge in [-0.25, -0.2) is 0 Å². The molecule has 0 saturated heterocycles. The summed E-state index contributed by atoms with van der Waals surface area (Å²) in [5, 5.41) is 0. The van der Waals surface area contributed by atoms with Gasteiger partial charge in [-0.1, -0.05) is 33.6 Å². The summed E-state index contributed by atoms with van der Waals surface area (Å²) < 4.78 is 0. The average molecular weight is 162 g/mol. The molecule has 0 aromatic rings. The molecule has 0 nitrogen and oxygen atoms in total. The number of rotatable bonds is 0. The van der Waals surface area contributed by atoms with Crippen LogP contribution in [0.25, 0.3) is 0 Å². The van der Waals surface area contributed by atoms with Gasteiger partial charge in [0.25, 0.3) is 0 Å². The van der Waals surface area contributed by atoms with Crippen LogP contribution in [0, 0.1) is 17.8 Å². The molecule has 1 aliphatic rings. The van der Waals surface area contributed by atoms with Crippen LogP contribution in [0.15, 0.2) is 0 Å². The smallest absolute Gasteiger partial charge is 0.328 e. The Balaban J connectivity index is 0.000001000. The van der Waals surface area contributed by atoms with Gasteiger partial charge in [0.2, 0.25) is 0 Å². The van der Waals surface area contributed by atoms with E-state index in [1.54, 1.807) is 0 Å². The Morgan fingerprint density at radius 3 is 1.82 bits per heavy atom. The summed E-state index contributed by atoms with van der Waals surface area (Å²) >= 11 is 0. The van der Waals surface area contributed by atoms with E-state index in [2.05, 4.69) is 27.2 Å². The van der Waals surface area contributed by atoms with Gasteiger partial charge in [0, 0.05) is 0 Å². The molecule has 11 heavy (non-hydrogen) atoms. The topological polar surface area (TPSA) is 0 Å². The van der Waals surface area contributed by atoms with Crippen LogP contribution in [0.3, 0.4) is 0 Å². The molecule has 0 aromatic heterocycles. The molecule has 0 spiro atoms. The Morgan fingerprint density at radius 2 is 1.55 bits per heavy atom. The standard InChI is InChI=1S/C10H19.Na/c1-10(2,3)9-7-5-4-6-8-9;/h4,9H,5-8H2,1-3H3;/q-1;+1. The van der Waals surface area contributed by atoms with E-state index in [1.165, 1.54) is 25.7 Å². The predicted octanol–water partition coefficient (Wildman–Crippen LogP) is 0.431. The third kappa shape index (κ3) is 3.96. The largest absolute Gasteiger partial charge is 1.00 e. The molecule has 1 rings (SSSR count). The second-order valence-corrected chi connectivity index (χ2v) is 4.51. The van der Waals surface area contributed by atoms with Crippen LogP contribution in [0.1, 0.15) is 46.5 Å². The second-order valence-electron chi connectivity index (χ2n) is 4.51. The summed E-state index contributed by atoms with van der Waals surface area (Å²) in [6, 6.07) is 0. The predicted molar refractivity (Wildman–Crippen MR) is 45.7 cm³/mol. The Morgan fingerprint density at radius 1 is 1.09 bits per heavy atom. The molecule has 0 aliphatic heterocycles. The van der Waals surface area contributed by atoms with Crippen LogP contribution < -0.4 is 29.6 Å². The van der Waals surface area contributed by atoms with E-state index in [9.17, 15) is 0 Å². The first-order chi connectivity index (χ1) is 4.61. The van der Waals surface area contributed by atoms with E-state index in [0.29, 0.717) is 5.41 Å². The molecule has 1 aliphatic carbocycles. The minimum atomic E-state index is 0. The number of hydrogen-bond donors (Lipinski definition) is 0. The van der Waals surface area contributed by atoms with E-state index in [0.717, 1.165) is 5.92 Å². The van der Waals surface area contributed by atoms with Crippen molar-refractivity contribution in [3.8, 4) is 0 Å². The molecule has 1 saturated carbocycles. The maximum atomic E-state index is 2.43. The molecular weight excluding hydrogens is 143 g/mol. The van der Waals surface area contributed by atoms with Crippen molar-refractivity contribution in [2.24, 2.45) is 11.3 Å². The minimum Gasteiger partial charge on any atom is -0.328 e. The van der Waals surface area contributed by atoms with Gasteiger partial charge in [0.15, 0.2) is 0 Å².